The van der Waals surface area contributed by atoms with E-state index in [-0.39, 0.29) is 5.82 Å². The molecule has 0 saturated heterocycles. The molecule has 0 atom stereocenters. The van der Waals surface area contributed by atoms with Gasteiger partial charge in [0.1, 0.15) is 5.82 Å². The van der Waals surface area contributed by atoms with Gasteiger partial charge in [-0.05, 0) is 54.8 Å². The highest BCUT2D eigenvalue weighted by molar-refractivity contribution is 5.79. The first kappa shape index (κ1) is 18.6. The number of benzene rings is 2. The third-order valence-electron chi connectivity index (χ3n) is 4.32. The van der Waals surface area contributed by atoms with Crippen LogP contribution in [0.1, 0.15) is 16.8 Å². The average Bonchev–Trinajstić information content (AvgIpc) is 3.16. The summed E-state index contributed by atoms with van der Waals surface area (Å²) in [6, 6.07) is 16.9. The lowest BCUT2D eigenvalue weighted by molar-refractivity contribution is 0.625. The predicted molar refractivity (Wildman–Crippen MR) is 107 cm³/mol. The van der Waals surface area contributed by atoms with Gasteiger partial charge in [0, 0.05) is 19.8 Å². The Bertz CT molecular complexity index is 902. The summed E-state index contributed by atoms with van der Waals surface area (Å²) < 4.78 is 15.0. The third-order valence-corrected chi connectivity index (χ3v) is 4.32. The molecule has 6 heteroatoms. The quantitative estimate of drug-likeness (QED) is 0.521. The number of para-hydroxylation sites is 1. The molecule has 2 aromatic carbocycles. The van der Waals surface area contributed by atoms with E-state index in [1.807, 2.05) is 60.3 Å². The van der Waals surface area contributed by atoms with E-state index >= 15 is 0 Å². The van der Waals surface area contributed by atoms with Gasteiger partial charge in [-0.1, -0.05) is 24.3 Å². The maximum absolute atomic E-state index is 13.2. The SMILES string of the molecule is CN=C(NCCc1ccc(F)cc1C)NCc1ccn(-c2ccccc2)n1. The number of guanidine groups is 1. The molecule has 3 rings (SSSR count). The van der Waals surface area contributed by atoms with Crippen LogP contribution in [-0.2, 0) is 13.0 Å². The van der Waals surface area contributed by atoms with Crippen molar-refractivity contribution in [3.63, 3.8) is 0 Å². The Morgan fingerprint density at radius 1 is 1.11 bits per heavy atom. The van der Waals surface area contributed by atoms with E-state index in [2.05, 4.69) is 20.7 Å². The van der Waals surface area contributed by atoms with Crippen molar-refractivity contribution in [2.45, 2.75) is 19.9 Å². The van der Waals surface area contributed by atoms with E-state index in [9.17, 15) is 4.39 Å². The van der Waals surface area contributed by atoms with E-state index in [1.54, 1.807) is 13.1 Å². The highest BCUT2D eigenvalue weighted by Crippen LogP contribution is 2.10. The zero-order chi connectivity index (χ0) is 19.1. The second-order valence-electron chi connectivity index (χ2n) is 6.26. The van der Waals surface area contributed by atoms with Gasteiger partial charge in [0.2, 0.25) is 0 Å². The maximum atomic E-state index is 13.2. The molecule has 0 saturated carbocycles. The molecule has 0 spiro atoms. The van der Waals surface area contributed by atoms with E-state index in [1.165, 1.54) is 6.07 Å². The van der Waals surface area contributed by atoms with Crippen LogP contribution in [-0.4, -0.2) is 29.3 Å². The Morgan fingerprint density at radius 3 is 2.67 bits per heavy atom. The lowest BCUT2D eigenvalue weighted by Gasteiger charge is -2.12. The predicted octanol–water partition coefficient (Wildman–Crippen LogP) is 3.23. The monoisotopic (exact) mass is 365 g/mol. The number of hydrogen-bond donors (Lipinski definition) is 2. The number of aromatic nitrogens is 2. The highest BCUT2D eigenvalue weighted by Gasteiger charge is 2.04. The van der Waals surface area contributed by atoms with Crippen molar-refractivity contribution in [3.8, 4) is 5.69 Å². The molecular formula is C21H24FN5. The minimum atomic E-state index is -0.198. The molecule has 0 unspecified atom stereocenters. The number of aliphatic imine (C=N–C) groups is 1. The van der Waals surface area contributed by atoms with Crippen LogP contribution in [0, 0.1) is 12.7 Å². The summed E-state index contributed by atoms with van der Waals surface area (Å²) in [5.74, 6) is 0.514. The van der Waals surface area contributed by atoms with Crippen LogP contribution in [0.4, 0.5) is 4.39 Å². The molecule has 0 aliphatic heterocycles. The van der Waals surface area contributed by atoms with Gasteiger partial charge in [0.15, 0.2) is 5.96 Å². The van der Waals surface area contributed by atoms with Crippen LogP contribution in [0.25, 0.3) is 5.69 Å². The molecule has 0 radical (unpaired) electrons. The van der Waals surface area contributed by atoms with Gasteiger partial charge in [-0.3, -0.25) is 4.99 Å². The molecule has 27 heavy (non-hydrogen) atoms. The maximum Gasteiger partial charge on any atom is 0.191 e. The fourth-order valence-electron chi connectivity index (χ4n) is 2.83. The summed E-state index contributed by atoms with van der Waals surface area (Å²) >= 11 is 0. The van der Waals surface area contributed by atoms with Crippen molar-refractivity contribution in [3.05, 3.63) is 83.4 Å². The second-order valence-corrected chi connectivity index (χ2v) is 6.26. The second kappa shape index (κ2) is 8.98. The summed E-state index contributed by atoms with van der Waals surface area (Å²) in [6.07, 6.45) is 2.75. The fourth-order valence-corrected chi connectivity index (χ4v) is 2.83. The van der Waals surface area contributed by atoms with Crippen molar-refractivity contribution in [1.29, 1.82) is 0 Å². The molecule has 1 heterocycles. The lowest BCUT2D eigenvalue weighted by Crippen LogP contribution is -2.38. The zero-order valence-electron chi connectivity index (χ0n) is 15.6. The molecule has 0 bridgehead atoms. The van der Waals surface area contributed by atoms with Crippen LogP contribution in [0.5, 0.6) is 0 Å². The lowest BCUT2D eigenvalue weighted by atomic mass is 10.1. The number of nitrogens with one attached hydrogen (secondary N) is 2. The zero-order valence-corrected chi connectivity index (χ0v) is 15.6. The number of halogens is 1. The summed E-state index contributed by atoms with van der Waals surface area (Å²) in [6.45, 7) is 3.22. The van der Waals surface area contributed by atoms with Gasteiger partial charge in [-0.25, -0.2) is 9.07 Å². The number of hydrogen-bond acceptors (Lipinski definition) is 2. The molecule has 2 N–H and O–H groups in total. The first-order valence-electron chi connectivity index (χ1n) is 8.95. The van der Waals surface area contributed by atoms with E-state index in [0.29, 0.717) is 19.0 Å². The molecule has 3 aromatic rings. The normalized spacial score (nSPS) is 11.4. The molecule has 140 valence electrons. The van der Waals surface area contributed by atoms with Crippen molar-refractivity contribution in [2.75, 3.05) is 13.6 Å². The number of nitrogens with zero attached hydrogens (tertiary/aromatic N) is 3. The molecule has 0 aliphatic rings. The van der Waals surface area contributed by atoms with Crippen LogP contribution in [0.15, 0.2) is 65.8 Å². The number of aryl methyl sites for hydroxylation is 1. The van der Waals surface area contributed by atoms with Gasteiger partial charge < -0.3 is 10.6 Å². The molecule has 5 nitrogen and oxygen atoms in total. The van der Waals surface area contributed by atoms with Gasteiger partial charge in [0.25, 0.3) is 0 Å². The summed E-state index contributed by atoms with van der Waals surface area (Å²) in [4.78, 5) is 4.24. The van der Waals surface area contributed by atoms with Gasteiger partial charge >= 0.3 is 0 Å². The van der Waals surface area contributed by atoms with Crippen molar-refractivity contribution in [1.82, 2.24) is 20.4 Å². The Labute approximate surface area is 159 Å². The minimum absolute atomic E-state index is 0.198. The summed E-state index contributed by atoms with van der Waals surface area (Å²) in [7, 11) is 1.74. The molecule has 1 aromatic heterocycles. The Kier molecular flexibility index (Phi) is 6.20. The molecule has 0 amide bonds. The van der Waals surface area contributed by atoms with Crippen LogP contribution < -0.4 is 10.6 Å². The summed E-state index contributed by atoms with van der Waals surface area (Å²) in [5.41, 5.74) is 4.05. The topological polar surface area (TPSA) is 54.2 Å². The van der Waals surface area contributed by atoms with Gasteiger partial charge in [-0.2, -0.15) is 5.10 Å². The first-order chi connectivity index (χ1) is 13.2. The van der Waals surface area contributed by atoms with Crippen molar-refractivity contribution in [2.24, 2.45) is 4.99 Å². The van der Waals surface area contributed by atoms with Crippen molar-refractivity contribution < 1.29 is 4.39 Å². The molecular weight excluding hydrogens is 341 g/mol. The smallest absolute Gasteiger partial charge is 0.191 e. The highest BCUT2D eigenvalue weighted by atomic mass is 19.1. The van der Waals surface area contributed by atoms with E-state index in [0.717, 1.165) is 28.9 Å². The van der Waals surface area contributed by atoms with E-state index in [4.69, 9.17) is 0 Å². The summed E-state index contributed by atoms with van der Waals surface area (Å²) in [5, 5.41) is 11.1. The van der Waals surface area contributed by atoms with Crippen LogP contribution in [0.2, 0.25) is 0 Å². The Balaban J connectivity index is 1.49. The standard InChI is InChI=1S/C21H24FN5/c1-16-14-18(22)9-8-17(16)10-12-24-21(23-2)25-15-19-11-13-27(26-19)20-6-4-3-5-7-20/h3-9,11,13-14H,10,12,15H2,1-2H3,(H2,23,24,25). The Morgan fingerprint density at radius 2 is 1.93 bits per heavy atom. The minimum Gasteiger partial charge on any atom is -0.356 e. The number of rotatable bonds is 6. The Hall–Kier alpha value is -3.15. The van der Waals surface area contributed by atoms with Gasteiger partial charge in [-0.15, -0.1) is 0 Å². The van der Waals surface area contributed by atoms with Crippen LogP contribution in [0.3, 0.4) is 0 Å². The third kappa shape index (κ3) is 5.17. The van der Waals surface area contributed by atoms with Crippen molar-refractivity contribution >= 4 is 5.96 Å². The fraction of sp³-hybridized carbons (Fsp3) is 0.238. The molecule has 0 aliphatic carbocycles. The first-order valence-corrected chi connectivity index (χ1v) is 8.95. The average molecular weight is 365 g/mol. The van der Waals surface area contributed by atoms with Gasteiger partial charge in [0.05, 0.1) is 17.9 Å². The largest absolute Gasteiger partial charge is 0.356 e. The van der Waals surface area contributed by atoms with Crippen LogP contribution >= 0.6 is 0 Å². The molecule has 0 fully saturated rings. The van der Waals surface area contributed by atoms with E-state index < -0.39 is 0 Å².